The van der Waals surface area contributed by atoms with Crippen molar-refractivity contribution in [2.24, 2.45) is 23.7 Å². The maximum Gasteiger partial charge on any atom is 0.200 e. The average molecular weight is 421 g/mol. The molecule has 30 heavy (non-hydrogen) atoms. The molecule has 2 fully saturated rings. The average Bonchev–Trinajstić information content (AvgIpc) is 2.79. The molecule has 0 aromatic heterocycles. The van der Waals surface area contributed by atoms with Crippen LogP contribution in [0.25, 0.3) is 0 Å². The Hall–Kier alpha value is -1.12. The summed E-state index contributed by atoms with van der Waals surface area (Å²) in [5.74, 6) is 2.05. The number of halogens is 2. The van der Waals surface area contributed by atoms with Crippen LogP contribution in [0.4, 0.5) is 8.78 Å². The smallest absolute Gasteiger partial charge is 0.200 e. The van der Waals surface area contributed by atoms with Crippen molar-refractivity contribution >= 4 is 0 Å². The van der Waals surface area contributed by atoms with Gasteiger partial charge in [-0.2, -0.15) is 4.39 Å². The zero-order valence-corrected chi connectivity index (χ0v) is 19.4. The molecule has 1 atom stereocenters. The summed E-state index contributed by atoms with van der Waals surface area (Å²) >= 11 is 0. The van der Waals surface area contributed by atoms with Crippen LogP contribution in [0.5, 0.6) is 5.75 Å². The van der Waals surface area contributed by atoms with Gasteiger partial charge >= 0.3 is 0 Å². The molecule has 1 aromatic carbocycles. The number of ether oxygens (including phenoxy) is 1. The minimum atomic E-state index is -0.809. The Labute approximate surface area is 183 Å². The van der Waals surface area contributed by atoms with Gasteiger partial charge in [-0.05, 0) is 86.2 Å². The SMILES string of the molecule is CCCCC1CCC(C(C)C2CCC(c3ccc(OCCC)c(F)c3F)CC2)CC1. The number of benzene rings is 1. The quantitative estimate of drug-likeness (QED) is 0.388. The lowest BCUT2D eigenvalue weighted by Gasteiger charge is -2.39. The van der Waals surface area contributed by atoms with Gasteiger partial charge in [0, 0.05) is 0 Å². The molecule has 2 aliphatic carbocycles. The number of rotatable bonds is 9. The molecule has 3 rings (SSSR count). The summed E-state index contributed by atoms with van der Waals surface area (Å²) in [7, 11) is 0. The second-order valence-corrected chi connectivity index (χ2v) is 10.0. The van der Waals surface area contributed by atoms with Crippen LogP contribution in [-0.4, -0.2) is 6.61 Å². The lowest BCUT2D eigenvalue weighted by atomic mass is 9.66. The van der Waals surface area contributed by atoms with E-state index >= 15 is 0 Å². The number of unbranched alkanes of at least 4 members (excludes halogenated alkanes) is 1. The summed E-state index contributed by atoms with van der Waals surface area (Å²) in [5.41, 5.74) is 0.555. The molecular weight excluding hydrogens is 378 g/mol. The minimum absolute atomic E-state index is 0.0509. The summed E-state index contributed by atoms with van der Waals surface area (Å²) in [6.07, 6.45) is 14.8. The molecule has 0 radical (unpaired) electrons. The van der Waals surface area contributed by atoms with Gasteiger partial charge in [-0.3, -0.25) is 0 Å². The molecule has 0 heterocycles. The van der Waals surface area contributed by atoms with Crippen molar-refractivity contribution < 1.29 is 13.5 Å². The monoisotopic (exact) mass is 420 g/mol. The maximum absolute atomic E-state index is 14.7. The maximum atomic E-state index is 14.7. The van der Waals surface area contributed by atoms with Gasteiger partial charge in [0.1, 0.15) is 0 Å². The van der Waals surface area contributed by atoms with Crippen LogP contribution in [0.15, 0.2) is 12.1 Å². The Balaban J connectivity index is 1.51. The molecule has 0 N–H and O–H groups in total. The van der Waals surface area contributed by atoms with E-state index in [2.05, 4.69) is 13.8 Å². The van der Waals surface area contributed by atoms with E-state index in [1.165, 1.54) is 44.9 Å². The molecule has 2 aliphatic rings. The fourth-order valence-electron chi connectivity index (χ4n) is 6.02. The van der Waals surface area contributed by atoms with Crippen molar-refractivity contribution in [1.82, 2.24) is 0 Å². The lowest BCUT2D eigenvalue weighted by molar-refractivity contribution is 0.131. The lowest BCUT2D eigenvalue weighted by Crippen LogP contribution is -2.28. The minimum Gasteiger partial charge on any atom is -0.490 e. The van der Waals surface area contributed by atoms with Crippen molar-refractivity contribution in [1.29, 1.82) is 0 Å². The second-order valence-electron chi connectivity index (χ2n) is 10.0. The fraction of sp³-hybridized carbons (Fsp3) is 0.778. The third-order valence-corrected chi connectivity index (χ3v) is 8.09. The van der Waals surface area contributed by atoms with Gasteiger partial charge in [0.15, 0.2) is 11.6 Å². The zero-order valence-electron chi connectivity index (χ0n) is 19.4. The summed E-state index contributed by atoms with van der Waals surface area (Å²) in [6, 6.07) is 3.38. The zero-order chi connectivity index (χ0) is 21.5. The van der Waals surface area contributed by atoms with Gasteiger partial charge in [-0.1, -0.05) is 58.9 Å². The first kappa shape index (κ1) is 23.5. The molecule has 1 nitrogen and oxygen atoms in total. The summed E-state index contributed by atoms with van der Waals surface area (Å²) in [5, 5.41) is 0. The normalized spacial score (nSPS) is 28.3. The summed E-state index contributed by atoms with van der Waals surface area (Å²) in [4.78, 5) is 0. The molecule has 0 aliphatic heterocycles. The van der Waals surface area contributed by atoms with Crippen molar-refractivity contribution in [3.05, 3.63) is 29.3 Å². The van der Waals surface area contributed by atoms with E-state index in [9.17, 15) is 8.78 Å². The van der Waals surface area contributed by atoms with E-state index in [4.69, 9.17) is 4.74 Å². The molecule has 1 aromatic rings. The third-order valence-electron chi connectivity index (χ3n) is 8.09. The molecule has 170 valence electrons. The molecule has 1 unspecified atom stereocenters. The highest BCUT2D eigenvalue weighted by Crippen LogP contribution is 2.45. The van der Waals surface area contributed by atoms with Crippen molar-refractivity contribution in [3.8, 4) is 5.75 Å². The van der Waals surface area contributed by atoms with Crippen LogP contribution in [0.2, 0.25) is 0 Å². The Morgan fingerprint density at radius 3 is 2.10 bits per heavy atom. The highest BCUT2D eigenvalue weighted by molar-refractivity contribution is 5.33. The Bertz CT molecular complexity index is 643. The van der Waals surface area contributed by atoms with E-state index in [1.54, 1.807) is 12.1 Å². The van der Waals surface area contributed by atoms with Crippen LogP contribution < -0.4 is 4.74 Å². The van der Waals surface area contributed by atoms with Crippen molar-refractivity contribution in [2.45, 2.75) is 104 Å². The van der Waals surface area contributed by atoms with E-state index in [1.807, 2.05) is 6.92 Å². The first-order valence-corrected chi connectivity index (χ1v) is 12.7. The van der Waals surface area contributed by atoms with Gasteiger partial charge in [0.25, 0.3) is 0 Å². The fourth-order valence-corrected chi connectivity index (χ4v) is 6.02. The molecule has 3 heteroatoms. The van der Waals surface area contributed by atoms with E-state index in [-0.39, 0.29) is 11.7 Å². The topological polar surface area (TPSA) is 9.23 Å². The number of hydrogen-bond acceptors (Lipinski definition) is 1. The highest BCUT2D eigenvalue weighted by atomic mass is 19.2. The van der Waals surface area contributed by atoms with Crippen molar-refractivity contribution in [3.63, 3.8) is 0 Å². The molecule has 0 spiro atoms. The van der Waals surface area contributed by atoms with Crippen LogP contribution in [0.3, 0.4) is 0 Å². The van der Waals surface area contributed by atoms with E-state index in [0.29, 0.717) is 12.2 Å². The highest BCUT2D eigenvalue weighted by Gasteiger charge is 2.33. The van der Waals surface area contributed by atoms with Crippen molar-refractivity contribution in [2.75, 3.05) is 6.61 Å². The molecule has 0 saturated heterocycles. The Kier molecular flexibility index (Phi) is 9.01. The van der Waals surface area contributed by atoms with Gasteiger partial charge in [-0.25, -0.2) is 4.39 Å². The van der Waals surface area contributed by atoms with Gasteiger partial charge in [-0.15, -0.1) is 0 Å². The second kappa shape index (κ2) is 11.5. The van der Waals surface area contributed by atoms with E-state index < -0.39 is 11.6 Å². The predicted molar refractivity (Wildman–Crippen MR) is 121 cm³/mol. The molecule has 2 saturated carbocycles. The van der Waals surface area contributed by atoms with Gasteiger partial charge in [0.05, 0.1) is 6.61 Å². The van der Waals surface area contributed by atoms with Gasteiger partial charge < -0.3 is 4.74 Å². The van der Waals surface area contributed by atoms with Crippen LogP contribution in [-0.2, 0) is 0 Å². The molecule has 0 amide bonds. The van der Waals surface area contributed by atoms with Gasteiger partial charge in [0.2, 0.25) is 5.82 Å². The summed E-state index contributed by atoms with van der Waals surface area (Å²) in [6.45, 7) is 7.13. The number of hydrogen-bond donors (Lipinski definition) is 0. The standard InChI is InChI=1S/C27H42F2O/c1-4-6-7-20-8-10-21(11-9-20)19(3)22-12-14-23(15-13-22)24-16-17-25(30-18-5-2)27(29)26(24)28/h16-17,19-23H,4-15,18H2,1-3H3. The van der Waals surface area contributed by atoms with Crippen LogP contribution >= 0.6 is 0 Å². The third kappa shape index (κ3) is 5.77. The largest absolute Gasteiger partial charge is 0.490 e. The molecule has 0 bridgehead atoms. The Morgan fingerprint density at radius 1 is 0.867 bits per heavy atom. The van der Waals surface area contributed by atoms with E-state index in [0.717, 1.165) is 55.8 Å². The first-order chi connectivity index (χ1) is 14.5. The first-order valence-electron chi connectivity index (χ1n) is 12.7. The molecular formula is C27H42F2O. The van der Waals surface area contributed by atoms with Crippen LogP contribution in [0, 0.1) is 35.3 Å². The van der Waals surface area contributed by atoms with Crippen LogP contribution in [0.1, 0.15) is 109 Å². The predicted octanol–water partition coefficient (Wildman–Crippen LogP) is 8.66. The summed E-state index contributed by atoms with van der Waals surface area (Å²) < 4.78 is 34.4. The Morgan fingerprint density at radius 2 is 1.50 bits per heavy atom.